The third kappa shape index (κ3) is 3.87. The Balaban J connectivity index is 1.74. The van der Waals surface area contributed by atoms with Crippen molar-refractivity contribution in [2.24, 2.45) is 0 Å². The van der Waals surface area contributed by atoms with Crippen LogP contribution in [0.4, 0.5) is 0 Å². The van der Waals surface area contributed by atoms with E-state index in [2.05, 4.69) is 15.1 Å². The van der Waals surface area contributed by atoms with Crippen LogP contribution >= 0.6 is 0 Å². The lowest BCUT2D eigenvalue weighted by Crippen LogP contribution is -2.41. The summed E-state index contributed by atoms with van der Waals surface area (Å²) in [5.74, 6) is 0.910. The van der Waals surface area contributed by atoms with Crippen molar-refractivity contribution in [3.63, 3.8) is 0 Å². The van der Waals surface area contributed by atoms with Crippen molar-refractivity contribution in [2.75, 3.05) is 13.1 Å². The Labute approximate surface area is 147 Å². The number of rotatable bonds is 4. The smallest absolute Gasteiger partial charge is 0.244 e. The zero-order chi connectivity index (χ0) is 18.0. The van der Waals surface area contributed by atoms with E-state index in [0.29, 0.717) is 12.4 Å². The monoisotopic (exact) mass is 343 g/mol. The third-order valence-corrected chi connectivity index (χ3v) is 4.74. The van der Waals surface area contributed by atoms with Gasteiger partial charge in [0.1, 0.15) is 12.4 Å². The van der Waals surface area contributed by atoms with Gasteiger partial charge >= 0.3 is 0 Å². The molecular weight excluding hydrogens is 318 g/mol. The van der Waals surface area contributed by atoms with Gasteiger partial charge in [0, 0.05) is 36.5 Å². The van der Waals surface area contributed by atoms with E-state index in [1.54, 1.807) is 10.9 Å². The molecule has 2 aromatic heterocycles. The number of aryl methyl sites for hydroxylation is 3. The second-order valence-electron chi connectivity index (χ2n) is 6.75. The second-order valence-corrected chi connectivity index (χ2v) is 6.75. The molecule has 7 nitrogen and oxygen atoms in total. The number of hydrogen-bond donors (Lipinski definition) is 1. The molecule has 0 spiro atoms. The lowest BCUT2D eigenvalue weighted by atomic mass is 9.92. The van der Waals surface area contributed by atoms with Crippen molar-refractivity contribution in [3.8, 4) is 0 Å². The van der Waals surface area contributed by atoms with Crippen LogP contribution in [0.3, 0.4) is 0 Å². The van der Waals surface area contributed by atoms with Crippen LogP contribution in [0.15, 0.2) is 12.3 Å². The maximum Gasteiger partial charge on any atom is 0.244 e. The van der Waals surface area contributed by atoms with E-state index < -0.39 is 0 Å². The number of piperidine rings is 1. The van der Waals surface area contributed by atoms with Crippen LogP contribution in [0, 0.1) is 20.8 Å². The summed E-state index contributed by atoms with van der Waals surface area (Å²) in [6.45, 7) is 7.31. The number of likely N-dealkylation sites (tertiary alicyclic amines) is 1. The Bertz CT molecular complexity index is 771. The van der Waals surface area contributed by atoms with Crippen molar-refractivity contribution in [2.45, 2.75) is 52.7 Å². The highest BCUT2D eigenvalue weighted by atomic mass is 16.3. The van der Waals surface area contributed by atoms with Crippen molar-refractivity contribution >= 4 is 5.91 Å². The number of nitrogens with zero attached hydrogens (tertiary/aromatic N) is 5. The van der Waals surface area contributed by atoms with Gasteiger partial charge in [-0.3, -0.25) is 9.48 Å². The van der Waals surface area contributed by atoms with Crippen LogP contribution in [0.2, 0.25) is 0 Å². The summed E-state index contributed by atoms with van der Waals surface area (Å²) in [6, 6.07) is 1.98. The molecule has 1 atom stereocenters. The lowest BCUT2D eigenvalue weighted by Gasteiger charge is -2.33. The highest BCUT2D eigenvalue weighted by Crippen LogP contribution is 2.28. The fourth-order valence-electron chi connectivity index (χ4n) is 3.48. The number of aliphatic hydroxyl groups excluding tert-OH is 1. The predicted molar refractivity (Wildman–Crippen MR) is 92.9 cm³/mol. The molecule has 1 aliphatic heterocycles. The Morgan fingerprint density at radius 3 is 2.84 bits per heavy atom. The van der Waals surface area contributed by atoms with Crippen LogP contribution in [0.5, 0.6) is 0 Å². The Kier molecular flexibility index (Phi) is 5.13. The van der Waals surface area contributed by atoms with Crippen molar-refractivity contribution in [1.82, 2.24) is 24.6 Å². The molecule has 0 bridgehead atoms. The molecule has 1 aliphatic rings. The third-order valence-electron chi connectivity index (χ3n) is 4.74. The van der Waals surface area contributed by atoms with Crippen molar-refractivity contribution < 1.29 is 9.90 Å². The molecule has 0 aliphatic carbocycles. The normalized spacial score (nSPS) is 17.8. The number of aliphatic hydroxyl groups is 1. The van der Waals surface area contributed by atoms with Crippen LogP contribution in [0.25, 0.3) is 0 Å². The van der Waals surface area contributed by atoms with Gasteiger partial charge in [0.25, 0.3) is 0 Å². The van der Waals surface area contributed by atoms with Crippen LogP contribution in [-0.2, 0) is 17.9 Å². The minimum absolute atomic E-state index is 0.0761. The number of aromatic nitrogens is 4. The van der Waals surface area contributed by atoms with E-state index in [0.717, 1.165) is 42.0 Å². The van der Waals surface area contributed by atoms with Crippen molar-refractivity contribution in [3.05, 3.63) is 40.7 Å². The minimum Gasteiger partial charge on any atom is -0.392 e. The number of carbonyl (C=O) groups is 1. The van der Waals surface area contributed by atoms with Gasteiger partial charge in [-0.15, -0.1) is 0 Å². The van der Waals surface area contributed by atoms with Gasteiger partial charge in [0.05, 0.1) is 18.0 Å². The van der Waals surface area contributed by atoms with Gasteiger partial charge in [-0.05, 0) is 39.7 Å². The van der Waals surface area contributed by atoms with Gasteiger partial charge in [0.2, 0.25) is 5.91 Å². The molecule has 0 aromatic carbocycles. The molecule has 3 rings (SSSR count). The highest BCUT2D eigenvalue weighted by molar-refractivity contribution is 5.76. The SMILES string of the molecule is Cc1cc(C)n(CC(=O)N2CCCC(c3nc(C)ncc3CO)C2)n1. The van der Waals surface area contributed by atoms with E-state index in [-0.39, 0.29) is 25.0 Å². The van der Waals surface area contributed by atoms with E-state index in [1.807, 2.05) is 31.7 Å². The zero-order valence-electron chi connectivity index (χ0n) is 15.1. The predicted octanol–water partition coefficient (Wildman–Crippen LogP) is 1.50. The summed E-state index contributed by atoms with van der Waals surface area (Å²) in [7, 11) is 0. The maximum atomic E-state index is 12.7. The van der Waals surface area contributed by atoms with Crippen LogP contribution in [0.1, 0.15) is 47.2 Å². The molecule has 134 valence electrons. The number of carbonyl (C=O) groups excluding carboxylic acids is 1. The van der Waals surface area contributed by atoms with E-state index >= 15 is 0 Å². The molecule has 1 amide bonds. The molecular formula is C18H25N5O2. The average molecular weight is 343 g/mol. The molecule has 1 unspecified atom stereocenters. The summed E-state index contributed by atoms with van der Waals surface area (Å²) >= 11 is 0. The largest absolute Gasteiger partial charge is 0.392 e. The Morgan fingerprint density at radius 1 is 1.36 bits per heavy atom. The molecule has 1 saturated heterocycles. The fourth-order valence-corrected chi connectivity index (χ4v) is 3.48. The van der Waals surface area contributed by atoms with Gasteiger partial charge in [-0.25, -0.2) is 9.97 Å². The second kappa shape index (κ2) is 7.31. The van der Waals surface area contributed by atoms with E-state index in [9.17, 15) is 9.90 Å². The molecule has 1 N–H and O–H groups in total. The number of hydrogen-bond acceptors (Lipinski definition) is 5. The fraction of sp³-hybridized carbons (Fsp3) is 0.556. The van der Waals surface area contributed by atoms with Gasteiger partial charge in [-0.1, -0.05) is 0 Å². The molecule has 7 heteroatoms. The van der Waals surface area contributed by atoms with Gasteiger partial charge in [-0.2, -0.15) is 5.10 Å². The van der Waals surface area contributed by atoms with Crippen LogP contribution < -0.4 is 0 Å². The Hall–Kier alpha value is -2.28. The summed E-state index contributed by atoms with van der Waals surface area (Å²) in [5.41, 5.74) is 3.54. The molecule has 3 heterocycles. The molecule has 0 radical (unpaired) electrons. The molecule has 0 saturated carbocycles. The topological polar surface area (TPSA) is 84.1 Å². The van der Waals surface area contributed by atoms with Gasteiger partial charge < -0.3 is 10.0 Å². The first-order chi connectivity index (χ1) is 12.0. The first-order valence-corrected chi connectivity index (χ1v) is 8.70. The number of amides is 1. The molecule has 25 heavy (non-hydrogen) atoms. The zero-order valence-corrected chi connectivity index (χ0v) is 15.1. The lowest BCUT2D eigenvalue weighted by molar-refractivity contribution is -0.133. The maximum absolute atomic E-state index is 12.7. The molecule has 1 fully saturated rings. The Morgan fingerprint density at radius 2 is 2.16 bits per heavy atom. The summed E-state index contributed by atoms with van der Waals surface area (Å²) in [4.78, 5) is 23.3. The van der Waals surface area contributed by atoms with E-state index in [1.165, 1.54) is 0 Å². The summed E-state index contributed by atoms with van der Waals surface area (Å²) < 4.78 is 1.76. The first kappa shape index (κ1) is 17.5. The van der Waals surface area contributed by atoms with Crippen molar-refractivity contribution in [1.29, 1.82) is 0 Å². The summed E-state index contributed by atoms with van der Waals surface area (Å²) in [5, 5.41) is 13.9. The van der Waals surface area contributed by atoms with E-state index in [4.69, 9.17) is 0 Å². The standard InChI is InChI=1S/C18H25N5O2/c1-12-7-13(2)23(21-12)10-17(25)22-6-4-5-15(9-22)18-16(11-24)8-19-14(3)20-18/h7-8,15,24H,4-6,9-11H2,1-3H3. The van der Waals surface area contributed by atoms with Crippen LogP contribution in [-0.4, -0.2) is 48.8 Å². The average Bonchev–Trinajstić information content (AvgIpc) is 2.92. The minimum atomic E-state index is -0.0776. The highest BCUT2D eigenvalue weighted by Gasteiger charge is 2.27. The summed E-state index contributed by atoms with van der Waals surface area (Å²) in [6.07, 6.45) is 3.59. The molecule has 2 aromatic rings. The quantitative estimate of drug-likeness (QED) is 0.909. The van der Waals surface area contributed by atoms with Gasteiger partial charge in [0.15, 0.2) is 0 Å². The first-order valence-electron chi connectivity index (χ1n) is 8.70.